The number of hydrogen-bond acceptors (Lipinski definition) is 2. The van der Waals surface area contributed by atoms with Crippen molar-refractivity contribution in [1.29, 1.82) is 5.26 Å². The molecule has 1 aliphatic carbocycles. The molecule has 1 saturated carbocycles. The summed E-state index contributed by atoms with van der Waals surface area (Å²) in [6.45, 7) is 2.51. The minimum Gasteiger partial charge on any atom is -0.298 e. The van der Waals surface area contributed by atoms with E-state index in [4.69, 9.17) is 5.26 Å². The van der Waals surface area contributed by atoms with Gasteiger partial charge in [0, 0.05) is 19.1 Å². The van der Waals surface area contributed by atoms with Gasteiger partial charge in [0.2, 0.25) is 0 Å². The first-order valence-electron chi connectivity index (χ1n) is 4.52. The van der Waals surface area contributed by atoms with Crippen LogP contribution in [-0.4, -0.2) is 24.0 Å². The zero-order chi connectivity index (χ0) is 7.42. The summed E-state index contributed by atoms with van der Waals surface area (Å²) in [5.41, 5.74) is 0. The Morgan fingerprint density at radius 1 is 1.27 bits per heavy atom. The molecule has 4 aliphatic rings. The third kappa shape index (κ3) is 0.605. The Balaban J connectivity index is 1.98. The summed E-state index contributed by atoms with van der Waals surface area (Å²) in [5.74, 6) is 2.06. The number of hydrogen-bond donors (Lipinski definition) is 0. The largest absolute Gasteiger partial charge is 0.298 e. The molecule has 2 nitrogen and oxygen atoms in total. The van der Waals surface area contributed by atoms with Crippen molar-refractivity contribution in [2.45, 2.75) is 18.9 Å². The van der Waals surface area contributed by atoms with Crippen molar-refractivity contribution in [1.82, 2.24) is 4.90 Å². The van der Waals surface area contributed by atoms with Crippen LogP contribution in [0.1, 0.15) is 12.8 Å². The van der Waals surface area contributed by atoms with Gasteiger partial charge < -0.3 is 0 Å². The fourth-order valence-corrected chi connectivity index (χ4v) is 3.36. The first kappa shape index (κ1) is 6.02. The molecule has 11 heavy (non-hydrogen) atoms. The van der Waals surface area contributed by atoms with Gasteiger partial charge >= 0.3 is 0 Å². The minimum absolute atomic E-state index is 0.383. The minimum atomic E-state index is 0.383. The Bertz CT molecular complexity index is 226. The lowest BCUT2D eigenvalue weighted by Gasteiger charge is -2.26. The SMILES string of the molecule is N#C[C@H]1[C@@H]2C[C@@H]3C[C@H]1N(C3)C2. The summed E-state index contributed by atoms with van der Waals surface area (Å²) < 4.78 is 0. The van der Waals surface area contributed by atoms with E-state index in [9.17, 15) is 0 Å². The van der Waals surface area contributed by atoms with Crippen molar-refractivity contribution in [3.8, 4) is 6.07 Å². The summed E-state index contributed by atoms with van der Waals surface area (Å²) in [5, 5.41) is 8.93. The second kappa shape index (κ2) is 1.78. The number of piperidine rings is 1. The number of rotatable bonds is 0. The Kier molecular flexibility index (Phi) is 0.976. The normalized spacial score (nSPS) is 58.3. The summed E-state index contributed by atoms with van der Waals surface area (Å²) >= 11 is 0. The van der Waals surface area contributed by atoms with E-state index in [-0.39, 0.29) is 0 Å². The molecule has 3 aliphatic heterocycles. The Labute approximate surface area is 66.8 Å². The van der Waals surface area contributed by atoms with Crippen LogP contribution in [0.2, 0.25) is 0 Å². The molecule has 0 aromatic carbocycles. The molecule has 0 radical (unpaired) electrons. The van der Waals surface area contributed by atoms with E-state index in [0.717, 1.165) is 11.8 Å². The first-order valence-corrected chi connectivity index (χ1v) is 4.52. The van der Waals surface area contributed by atoms with Crippen LogP contribution < -0.4 is 0 Å². The molecule has 3 heterocycles. The average molecular weight is 148 g/mol. The number of nitriles is 1. The van der Waals surface area contributed by atoms with E-state index in [2.05, 4.69) is 11.0 Å². The zero-order valence-electron chi connectivity index (χ0n) is 6.53. The fourth-order valence-electron chi connectivity index (χ4n) is 3.36. The van der Waals surface area contributed by atoms with Crippen LogP contribution in [0.4, 0.5) is 0 Å². The third-order valence-corrected chi connectivity index (χ3v) is 3.71. The van der Waals surface area contributed by atoms with Crippen LogP contribution in [0.3, 0.4) is 0 Å². The molecule has 1 unspecified atom stereocenters. The van der Waals surface area contributed by atoms with E-state index >= 15 is 0 Å². The van der Waals surface area contributed by atoms with Gasteiger partial charge in [-0.15, -0.1) is 0 Å². The van der Waals surface area contributed by atoms with E-state index in [1.165, 1.54) is 25.9 Å². The maximum absolute atomic E-state index is 8.93. The van der Waals surface area contributed by atoms with Gasteiger partial charge in [0.25, 0.3) is 0 Å². The highest BCUT2D eigenvalue weighted by Gasteiger charge is 2.52. The molecule has 3 saturated heterocycles. The molecule has 4 fully saturated rings. The van der Waals surface area contributed by atoms with Crippen LogP contribution in [0.15, 0.2) is 0 Å². The maximum Gasteiger partial charge on any atom is 0.0675 e. The van der Waals surface area contributed by atoms with Crippen LogP contribution >= 0.6 is 0 Å². The average Bonchev–Trinajstić information content (AvgIpc) is 2.40. The standard InChI is InChI=1S/C9H12N2/c10-3-8-7-1-6-2-9(8)11(4-6)5-7/h6-9H,1-2,4-5H2/t6-,7-,8+,9-/m1/s1. The summed E-state index contributed by atoms with van der Waals surface area (Å²) in [6, 6.07) is 3.14. The van der Waals surface area contributed by atoms with Gasteiger partial charge in [0.1, 0.15) is 0 Å². The highest BCUT2D eigenvalue weighted by Crippen LogP contribution is 2.48. The maximum atomic E-state index is 8.93. The Hall–Kier alpha value is -0.550. The fraction of sp³-hybridized carbons (Fsp3) is 0.889. The highest BCUT2D eigenvalue weighted by molar-refractivity contribution is 5.11. The van der Waals surface area contributed by atoms with Gasteiger partial charge in [-0.1, -0.05) is 0 Å². The number of nitrogens with zero attached hydrogens (tertiary/aromatic N) is 2. The topological polar surface area (TPSA) is 27.0 Å². The lowest BCUT2D eigenvalue weighted by atomic mass is 9.76. The van der Waals surface area contributed by atoms with Gasteiger partial charge in [-0.2, -0.15) is 5.26 Å². The molecule has 0 N–H and O–H groups in total. The summed E-state index contributed by atoms with van der Waals surface area (Å²) in [7, 11) is 0. The molecular weight excluding hydrogens is 136 g/mol. The van der Waals surface area contributed by atoms with E-state index in [1.54, 1.807) is 0 Å². The zero-order valence-corrected chi connectivity index (χ0v) is 6.53. The molecule has 58 valence electrons. The summed E-state index contributed by atoms with van der Waals surface area (Å²) in [6.07, 6.45) is 2.65. The predicted molar refractivity (Wildman–Crippen MR) is 40.7 cm³/mol. The Morgan fingerprint density at radius 3 is 2.91 bits per heavy atom. The molecule has 0 amide bonds. The first-order chi connectivity index (χ1) is 5.38. The van der Waals surface area contributed by atoms with Crippen LogP contribution in [0.5, 0.6) is 0 Å². The monoisotopic (exact) mass is 148 g/mol. The van der Waals surface area contributed by atoms with Gasteiger partial charge in [0.05, 0.1) is 12.0 Å². The summed E-state index contributed by atoms with van der Waals surface area (Å²) in [4.78, 5) is 2.53. The van der Waals surface area contributed by atoms with Gasteiger partial charge in [-0.05, 0) is 24.7 Å². The Morgan fingerprint density at radius 2 is 2.18 bits per heavy atom. The van der Waals surface area contributed by atoms with Gasteiger partial charge in [-0.25, -0.2) is 0 Å². The predicted octanol–water partition coefficient (Wildman–Crippen LogP) is 0.850. The van der Waals surface area contributed by atoms with Crippen LogP contribution in [0, 0.1) is 29.1 Å². The van der Waals surface area contributed by atoms with Crippen molar-refractivity contribution < 1.29 is 0 Å². The molecule has 2 heteroatoms. The van der Waals surface area contributed by atoms with E-state index in [0.29, 0.717) is 12.0 Å². The smallest absolute Gasteiger partial charge is 0.0675 e. The van der Waals surface area contributed by atoms with Crippen molar-refractivity contribution in [2.24, 2.45) is 17.8 Å². The molecule has 0 aromatic rings. The lowest BCUT2D eigenvalue weighted by molar-refractivity contribution is 0.252. The molecular formula is C9H12N2. The van der Waals surface area contributed by atoms with E-state index in [1.807, 2.05) is 0 Å². The van der Waals surface area contributed by atoms with Crippen LogP contribution in [0.25, 0.3) is 0 Å². The molecule has 0 aromatic heterocycles. The van der Waals surface area contributed by atoms with Crippen molar-refractivity contribution >= 4 is 0 Å². The second-order valence-corrected chi connectivity index (χ2v) is 4.27. The van der Waals surface area contributed by atoms with Crippen molar-refractivity contribution in [3.05, 3.63) is 0 Å². The van der Waals surface area contributed by atoms with Crippen molar-refractivity contribution in [3.63, 3.8) is 0 Å². The van der Waals surface area contributed by atoms with Crippen LogP contribution in [-0.2, 0) is 0 Å². The van der Waals surface area contributed by atoms with Crippen molar-refractivity contribution in [2.75, 3.05) is 13.1 Å². The van der Waals surface area contributed by atoms with E-state index < -0.39 is 0 Å². The highest BCUT2D eigenvalue weighted by atomic mass is 15.2. The molecule has 4 rings (SSSR count). The second-order valence-electron chi connectivity index (χ2n) is 4.27. The van der Waals surface area contributed by atoms with Gasteiger partial charge in [-0.3, -0.25) is 4.90 Å². The molecule has 0 spiro atoms. The molecule has 4 bridgehead atoms. The molecule has 5 atom stereocenters. The quantitative estimate of drug-likeness (QED) is 0.509. The van der Waals surface area contributed by atoms with Gasteiger partial charge in [0.15, 0.2) is 0 Å². The lowest BCUT2D eigenvalue weighted by Crippen LogP contribution is -2.27. The third-order valence-electron chi connectivity index (χ3n) is 3.71.